The summed E-state index contributed by atoms with van der Waals surface area (Å²) in [7, 11) is 3.74. The van der Waals surface area contributed by atoms with E-state index in [1.165, 1.54) is 6.08 Å². The maximum atomic E-state index is 10.7. The molecule has 0 aliphatic rings. The Bertz CT molecular complexity index is 148. The van der Waals surface area contributed by atoms with Crippen molar-refractivity contribution in [3.63, 3.8) is 0 Å². The van der Waals surface area contributed by atoms with Gasteiger partial charge in [-0.3, -0.25) is 4.79 Å². The second-order valence-electron chi connectivity index (χ2n) is 2.41. The highest BCUT2D eigenvalue weighted by molar-refractivity contribution is 5.86. The number of carbonyl (C=O) groups excluding carboxylic acids is 1. The van der Waals surface area contributed by atoms with Crippen LogP contribution in [0.5, 0.6) is 0 Å². The molecule has 5 heteroatoms. The molecule has 13 heavy (non-hydrogen) atoms. The normalized spacial score (nSPS) is 9.15. The summed E-state index contributed by atoms with van der Waals surface area (Å²) in [4.78, 5) is 10.7. The van der Waals surface area contributed by atoms with Gasteiger partial charge in [0.25, 0.3) is 0 Å². The highest BCUT2D eigenvalue weighted by Gasteiger charge is 2.01. The van der Waals surface area contributed by atoms with E-state index in [1.54, 1.807) is 0 Å². The molecular formula is C8H18ClN3O. The molecule has 0 radical (unpaired) electrons. The predicted octanol–water partition coefficient (Wildman–Crippen LogP) is -0.135. The fraction of sp³-hybridized carbons (Fsp3) is 0.625. The lowest BCUT2D eigenvalue weighted by Gasteiger charge is -2.14. The number of nitrogens with one attached hydrogen (secondary N) is 3. The van der Waals surface area contributed by atoms with E-state index < -0.39 is 0 Å². The Morgan fingerprint density at radius 3 is 2.38 bits per heavy atom. The molecule has 1 amide bonds. The van der Waals surface area contributed by atoms with E-state index in [4.69, 9.17) is 0 Å². The Morgan fingerprint density at radius 2 is 2.00 bits per heavy atom. The standard InChI is InChI=1S/C8H17N3O.ClH/c1-4-8(12)11-6-5-7(9-2)10-3;/h4,7,9-10H,1,5-6H2,2-3H3,(H,11,12);1H. The lowest BCUT2D eigenvalue weighted by Crippen LogP contribution is -2.40. The highest BCUT2D eigenvalue weighted by atomic mass is 35.5. The van der Waals surface area contributed by atoms with Crippen LogP contribution in [-0.4, -0.2) is 32.7 Å². The SMILES string of the molecule is C=CC(=O)NCCC(NC)NC.Cl. The molecule has 3 N–H and O–H groups in total. The molecule has 0 aliphatic heterocycles. The Balaban J connectivity index is 0. The van der Waals surface area contributed by atoms with Crippen LogP contribution in [0.15, 0.2) is 12.7 Å². The number of amides is 1. The summed E-state index contributed by atoms with van der Waals surface area (Å²) in [5, 5.41) is 8.80. The summed E-state index contributed by atoms with van der Waals surface area (Å²) in [6, 6.07) is 0. The maximum Gasteiger partial charge on any atom is 0.243 e. The zero-order chi connectivity index (χ0) is 9.40. The summed E-state index contributed by atoms with van der Waals surface area (Å²) >= 11 is 0. The second kappa shape index (κ2) is 9.51. The average Bonchev–Trinajstić information content (AvgIpc) is 2.12. The number of carbonyl (C=O) groups is 1. The van der Waals surface area contributed by atoms with Crippen molar-refractivity contribution in [3.8, 4) is 0 Å². The van der Waals surface area contributed by atoms with E-state index in [9.17, 15) is 4.79 Å². The molecule has 78 valence electrons. The van der Waals surface area contributed by atoms with Crippen LogP contribution in [0.4, 0.5) is 0 Å². The van der Waals surface area contributed by atoms with Crippen molar-refractivity contribution in [1.82, 2.24) is 16.0 Å². The quantitative estimate of drug-likeness (QED) is 0.420. The fourth-order valence-electron chi connectivity index (χ4n) is 0.845. The van der Waals surface area contributed by atoms with Gasteiger partial charge in [0.05, 0.1) is 6.17 Å². The zero-order valence-corrected chi connectivity index (χ0v) is 8.91. The second-order valence-corrected chi connectivity index (χ2v) is 2.41. The summed E-state index contributed by atoms with van der Waals surface area (Å²) in [5.74, 6) is -0.124. The van der Waals surface area contributed by atoms with Crippen molar-refractivity contribution in [2.75, 3.05) is 20.6 Å². The molecular weight excluding hydrogens is 190 g/mol. The van der Waals surface area contributed by atoms with Crippen molar-refractivity contribution in [2.45, 2.75) is 12.6 Å². The largest absolute Gasteiger partial charge is 0.352 e. The first-order chi connectivity index (χ1) is 5.74. The van der Waals surface area contributed by atoms with Crippen molar-refractivity contribution >= 4 is 18.3 Å². The van der Waals surface area contributed by atoms with Crippen LogP contribution in [0, 0.1) is 0 Å². The molecule has 0 saturated carbocycles. The van der Waals surface area contributed by atoms with E-state index in [0.717, 1.165) is 6.42 Å². The van der Waals surface area contributed by atoms with Crippen LogP contribution < -0.4 is 16.0 Å². The minimum Gasteiger partial charge on any atom is -0.352 e. The van der Waals surface area contributed by atoms with Crippen molar-refractivity contribution in [3.05, 3.63) is 12.7 Å². The fourth-order valence-corrected chi connectivity index (χ4v) is 0.845. The molecule has 0 saturated heterocycles. The Hall–Kier alpha value is -0.580. The van der Waals surface area contributed by atoms with Crippen molar-refractivity contribution < 1.29 is 4.79 Å². The zero-order valence-electron chi connectivity index (χ0n) is 8.09. The molecule has 0 aromatic rings. The van der Waals surface area contributed by atoms with Gasteiger partial charge in [0, 0.05) is 6.54 Å². The van der Waals surface area contributed by atoms with Gasteiger partial charge in [-0.25, -0.2) is 0 Å². The molecule has 0 rings (SSSR count). The topological polar surface area (TPSA) is 53.2 Å². The van der Waals surface area contributed by atoms with E-state index >= 15 is 0 Å². The smallest absolute Gasteiger partial charge is 0.243 e. The molecule has 4 nitrogen and oxygen atoms in total. The Labute approximate surface area is 85.6 Å². The molecule has 0 atom stereocenters. The molecule has 0 unspecified atom stereocenters. The number of rotatable bonds is 6. The first-order valence-corrected chi connectivity index (χ1v) is 3.99. The number of hydrogen-bond donors (Lipinski definition) is 3. The van der Waals surface area contributed by atoms with Gasteiger partial charge in [0.15, 0.2) is 0 Å². The number of hydrogen-bond acceptors (Lipinski definition) is 3. The Morgan fingerprint density at radius 1 is 1.46 bits per heavy atom. The first kappa shape index (κ1) is 14.9. The molecule has 0 aliphatic carbocycles. The van der Waals surface area contributed by atoms with Gasteiger partial charge < -0.3 is 16.0 Å². The van der Waals surface area contributed by atoms with E-state index in [2.05, 4.69) is 22.5 Å². The molecule has 0 aromatic heterocycles. The van der Waals surface area contributed by atoms with Crippen LogP contribution in [-0.2, 0) is 4.79 Å². The van der Waals surface area contributed by atoms with Crippen LogP contribution in [0.1, 0.15) is 6.42 Å². The van der Waals surface area contributed by atoms with Crippen LogP contribution in [0.3, 0.4) is 0 Å². The van der Waals surface area contributed by atoms with Crippen molar-refractivity contribution in [1.29, 1.82) is 0 Å². The highest BCUT2D eigenvalue weighted by Crippen LogP contribution is 1.82. The van der Waals surface area contributed by atoms with Gasteiger partial charge in [0.2, 0.25) is 5.91 Å². The number of halogens is 1. The van der Waals surface area contributed by atoms with E-state index in [0.29, 0.717) is 6.54 Å². The molecule has 0 fully saturated rings. The van der Waals surface area contributed by atoms with Crippen LogP contribution in [0.25, 0.3) is 0 Å². The third-order valence-electron chi connectivity index (χ3n) is 1.61. The van der Waals surface area contributed by atoms with Gasteiger partial charge in [-0.15, -0.1) is 12.4 Å². The first-order valence-electron chi connectivity index (χ1n) is 3.99. The van der Waals surface area contributed by atoms with Crippen LogP contribution >= 0.6 is 12.4 Å². The summed E-state index contributed by atoms with van der Waals surface area (Å²) in [6.07, 6.45) is 2.37. The summed E-state index contributed by atoms with van der Waals surface area (Å²) < 4.78 is 0. The Kier molecular flexibility index (Phi) is 10.9. The third-order valence-corrected chi connectivity index (χ3v) is 1.61. The van der Waals surface area contributed by atoms with Gasteiger partial charge in [-0.2, -0.15) is 0 Å². The predicted molar refractivity (Wildman–Crippen MR) is 57.0 cm³/mol. The van der Waals surface area contributed by atoms with Gasteiger partial charge >= 0.3 is 0 Å². The minimum absolute atomic E-state index is 0. The molecule has 0 bridgehead atoms. The monoisotopic (exact) mass is 207 g/mol. The van der Waals surface area contributed by atoms with Gasteiger partial charge in [-0.1, -0.05) is 6.58 Å². The molecule has 0 heterocycles. The lowest BCUT2D eigenvalue weighted by atomic mass is 10.3. The van der Waals surface area contributed by atoms with E-state index in [-0.39, 0.29) is 24.5 Å². The lowest BCUT2D eigenvalue weighted by molar-refractivity contribution is -0.116. The maximum absolute atomic E-state index is 10.7. The summed E-state index contributed by atoms with van der Waals surface area (Å²) in [6.45, 7) is 4.01. The average molecular weight is 208 g/mol. The van der Waals surface area contributed by atoms with Gasteiger partial charge in [-0.05, 0) is 26.6 Å². The van der Waals surface area contributed by atoms with Crippen molar-refractivity contribution in [2.24, 2.45) is 0 Å². The van der Waals surface area contributed by atoms with Crippen LogP contribution in [0.2, 0.25) is 0 Å². The van der Waals surface area contributed by atoms with Gasteiger partial charge in [0.1, 0.15) is 0 Å². The molecule has 0 aromatic carbocycles. The van der Waals surface area contributed by atoms with E-state index in [1.807, 2.05) is 14.1 Å². The minimum atomic E-state index is -0.124. The summed E-state index contributed by atoms with van der Waals surface area (Å²) in [5.41, 5.74) is 0. The third kappa shape index (κ3) is 7.77. The molecule has 0 spiro atoms.